The average Bonchev–Trinajstić information content (AvgIpc) is 3.08. The molecule has 0 saturated heterocycles. The van der Waals surface area contributed by atoms with Gasteiger partial charge in [-0.25, -0.2) is 0 Å². The summed E-state index contributed by atoms with van der Waals surface area (Å²) in [6.45, 7) is 3.59. The number of rotatable bonds is 6. The third kappa shape index (κ3) is 4.33. The predicted octanol–water partition coefficient (Wildman–Crippen LogP) is 4.26. The number of thiophene rings is 2. The standard InChI is InChI=1S/C15H17NOS2/c1-2-7-16(10-14-6-9-19-12-14)15(17)4-3-13-5-8-18-11-13/h3-6,8-9,11-12H,2,7,10H2,1H3/b4-3+. The molecule has 0 aromatic carbocycles. The van der Waals surface area contributed by atoms with Crippen LogP contribution in [0.3, 0.4) is 0 Å². The molecule has 0 radical (unpaired) electrons. The maximum absolute atomic E-state index is 12.2. The van der Waals surface area contributed by atoms with Crippen LogP contribution in [0.2, 0.25) is 0 Å². The fourth-order valence-corrected chi connectivity index (χ4v) is 3.07. The minimum atomic E-state index is 0.0826. The van der Waals surface area contributed by atoms with Gasteiger partial charge in [0.05, 0.1) is 0 Å². The third-order valence-electron chi connectivity index (χ3n) is 2.72. The average molecular weight is 291 g/mol. The summed E-state index contributed by atoms with van der Waals surface area (Å²) in [5.74, 6) is 0.0826. The largest absolute Gasteiger partial charge is 0.335 e. The van der Waals surface area contributed by atoms with Crippen LogP contribution in [0.5, 0.6) is 0 Å². The van der Waals surface area contributed by atoms with E-state index in [1.165, 1.54) is 5.56 Å². The summed E-state index contributed by atoms with van der Waals surface area (Å²) in [4.78, 5) is 14.1. The van der Waals surface area contributed by atoms with Crippen LogP contribution >= 0.6 is 22.7 Å². The van der Waals surface area contributed by atoms with Crippen molar-refractivity contribution in [3.05, 3.63) is 50.9 Å². The summed E-state index contributed by atoms with van der Waals surface area (Å²) in [6, 6.07) is 4.08. The molecule has 0 unspecified atom stereocenters. The second kappa shape index (κ2) is 7.26. The van der Waals surface area contributed by atoms with Crippen LogP contribution in [0.4, 0.5) is 0 Å². The zero-order chi connectivity index (χ0) is 13.5. The SMILES string of the molecule is CCCN(Cc1ccsc1)C(=O)/C=C/c1ccsc1. The Hall–Kier alpha value is -1.39. The van der Waals surface area contributed by atoms with E-state index in [4.69, 9.17) is 0 Å². The Morgan fingerprint density at radius 3 is 2.68 bits per heavy atom. The van der Waals surface area contributed by atoms with E-state index < -0.39 is 0 Å². The van der Waals surface area contributed by atoms with Gasteiger partial charge in [-0.1, -0.05) is 6.92 Å². The molecule has 4 heteroatoms. The molecule has 0 aliphatic rings. The quantitative estimate of drug-likeness (QED) is 0.728. The Bertz CT molecular complexity index is 514. The van der Waals surface area contributed by atoms with Gasteiger partial charge in [0.2, 0.25) is 5.91 Å². The van der Waals surface area contributed by atoms with Gasteiger partial charge in [-0.15, -0.1) is 0 Å². The lowest BCUT2D eigenvalue weighted by atomic mass is 10.2. The number of nitrogens with zero attached hydrogens (tertiary/aromatic N) is 1. The van der Waals surface area contributed by atoms with Crippen LogP contribution in [-0.2, 0) is 11.3 Å². The van der Waals surface area contributed by atoms with Crippen molar-refractivity contribution in [3.63, 3.8) is 0 Å². The van der Waals surface area contributed by atoms with Gasteiger partial charge < -0.3 is 4.90 Å². The first-order valence-electron chi connectivity index (χ1n) is 6.30. The smallest absolute Gasteiger partial charge is 0.246 e. The molecule has 0 atom stereocenters. The molecule has 0 N–H and O–H groups in total. The van der Waals surface area contributed by atoms with Gasteiger partial charge in [0.15, 0.2) is 0 Å². The van der Waals surface area contributed by atoms with Crippen molar-refractivity contribution in [2.75, 3.05) is 6.54 Å². The Labute approximate surface area is 122 Å². The summed E-state index contributed by atoms with van der Waals surface area (Å²) in [7, 11) is 0. The molecule has 2 aromatic rings. The van der Waals surface area contributed by atoms with Crippen molar-refractivity contribution in [2.45, 2.75) is 19.9 Å². The Kier molecular flexibility index (Phi) is 5.36. The van der Waals surface area contributed by atoms with Crippen LogP contribution < -0.4 is 0 Å². The van der Waals surface area contributed by atoms with Crippen molar-refractivity contribution in [1.82, 2.24) is 4.90 Å². The predicted molar refractivity (Wildman–Crippen MR) is 83.4 cm³/mol. The highest BCUT2D eigenvalue weighted by Gasteiger charge is 2.10. The van der Waals surface area contributed by atoms with Crippen molar-refractivity contribution in [2.24, 2.45) is 0 Å². The highest BCUT2D eigenvalue weighted by Crippen LogP contribution is 2.12. The Morgan fingerprint density at radius 2 is 2.05 bits per heavy atom. The minimum Gasteiger partial charge on any atom is -0.335 e. The Morgan fingerprint density at radius 1 is 1.26 bits per heavy atom. The van der Waals surface area contributed by atoms with Crippen molar-refractivity contribution >= 4 is 34.7 Å². The van der Waals surface area contributed by atoms with Gasteiger partial charge >= 0.3 is 0 Å². The normalized spacial score (nSPS) is 11.0. The van der Waals surface area contributed by atoms with Gasteiger partial charge in [0, 0.05) is 19.2 Å². The summed E-state index contributed by atoms with van der Waals surface area (Å²) in [5, 5.41) is 8.19. The first kappa shape index (κ1) is 14.0. The van der Waals surface area contributed by atoms with E-state index in [9.17, 15) is 4.79 Å². The summed E-state index contributed by atoms with van der Waals surface area (Å²) >= 11 is 3.31. The highest BCUT2D eigenvalue weighted by atomic mass is 32.1. The lowest BCUT2D eigenvalue weighted by molar-refractivity contribution is -0.126. The zero-order valence-electron chi connectivity index (χ0n) is 10.9. The molecule has 100 valence electrons. The molecular formula is C15H17NOS2. The van der Waals surface area contributed by atoms with Gasteiger partial charge in [-0.05, 0) is 57.3 Å². The van der Waals surface area contributed by atoms with Crippen LogP contribution in [0, 0.1) is 0 Å². The first-order valence-corrected chi connectivity index (χ1v) is 8.18. The molecular weight excluding hydrogens is 274 g/mol. The molecule has 19 heavy (non-hydrogen) atoms. The summed E-state index contributed by atoms with van der Waals surface area (Å²) < 4.78 is 0. The number of carbonyl (C=O) groups excluding carboxylic acids is 1. The van der Waals surface area contributed by atoms with Crippen LogP contribution in [0.15, 0.2) is 39.7 Å². The third-order valence-corrected chi connectivity index (χ3v) is 4.15. The second-order valence-electron chi connectivity index (χ2n) is 4.28. The van der Waals surface area contributed by atoms with Crippen LogP contribution in [0.1, 0.15) is 24.5 Å². The van der Waals surface area contributed by atoms with E-state index in [-0.39, 0.29) is 5.91 Å². The molecule has 0 saturated carbocycles. The van der Waals surface area contributed by atoms with Crippen molar-refractivity contribution in [1.29, 1.82) is 0 Å². The van der Waals surface area contributed by atoms with Crippen molar-refractivity contribution in [3.8, 4) is 0 Å². The van der Waals surface area contributed by atoms with E-state index in [2.05, 4.69) is 18.4 Å². The Balaban J connectivity index is 1.99. The van der Waals surface area contributed by atoms with Gasteiger partial charge in [-0.2, -0.15) is 22.7 Å². The summed E-state index contributed by atoms with van der Waals surface area (Å²) in [5.41, 5.74) is 2.29. The summed E-state index contributed by atoms with van der Waals surface area (Å²) in [6.07, 6.45) is 4.53. The molecule has 2 nitrogen and oxygen atoms in total. The van der Waals surface area contributed by atoms with Crippen LogP contribution in [0.25, 0.3) is 6.08 Å². The van der Waals surface area contributed by atoms with E-state index in [0.29, 0.717) is 6.54 Å². The monoisotopic (exact) mass is 291 g/mol. The maximum Gasteiger partial charge on any atom is 0.246 e. The maximum atomic E-state index is 12.2. The van der Waals surface area contributed by atoms with E-state index in [1.54, 1.807) is 28.7 Å². The fraction of sp³-hybridized carbons (Fsp3) is 0.267. The van der Waals surface area contributed by atoms with E-state index >= 15 is 0 Å². The lowest BCUT2D eigenvalue weighted by Gasteiger charge is -2.19. The fourth-order valence-electron chi connectivity index (χ4n) is 1.78. The topological polar surface area (TPSA) is 20.3 Å². The number of amides is 1. The van der Waals surface area contributed by atoms with Gasteiger partial charge in [-0.3, -0.25) is 4.79 Å². The highest BCUT2D eigenvalue weighted by molar-refractivity contribution is 7.08. The number of hydrogen-bond acceptors (Lipinski definition) is 3. The molecule has 0 aliphatic carbocycles. The first-order chi connectivity index (χ1) is 9.29. The molecule has 0 fully saturated rings. The van der Waals surface area contributed by atoms with Crippen molar-refractivity contribution < 1.29 is 4.79 Å². The lowest BCUT2D eigenvalue weighted by Crippen LogP contribution is -2.29. The van der Waals surface area contributed by atoms with Gasteiger partial charge in [0.1, 0.15) is 0 Å². The molecule has 0 aliphatic heterocycles. The molecule has 2 heterocycles. The molecule has 1 amide bonds. The second-order valence-corrected chi connectivity index (χ2v) is 5.84. The zero-order valence-corrected chi connectivity index (χ0v) is 12.5. The van der Waals surface area contributed by atoms with E-state index in [1.807, 2.05) is 33.2 Å². The minimum absolute atomic E-state index is 0.0826. The molecule has 0 bridgehead atoms. The van der Waals surface area contributed by atoms with Crippen LogP contribution in [-0.4, -0.2) is 17.4 Å². The van der Waals surface area contributed by atoms with E-state index in [0.717, 1.165) is 18.5 Å². The van der Waals surface area contributed by atoms with Gasteiger partial charge in [0.25, 0.3) is 0 Å². The molecule has 0 spiro atoms. The molecule has 2 aromatic heterocycles. The molecule has 2 rings (SSSR count). The number of hydrogen-bond donors (Lipinski definition) is 0. The number of carbonyl (C=O) groups is 1.